The van der Waals surface area contributed by atoms with E-state index in [2.05, 4.69) is 0 Å². The second-order valence-corrected chi connectivity index (χ2v) is 1.73. The average molecular weight is 124 g/mol. The number of aldehydes is 1. The first-order chi connectivity index (χ1) is 4.35. The minimum Gasteiger partial charge on any atom is -0.298 e. The van der Waals surface area contributed by atoms with Gasteiger partial charge in [0.15, 0.2) is 0 Å². The molecule has 0 amide bonds. The molecular weight excluding hydrogens is 112 g/mol. The van der Waals surface area contributed by atoms with Crippen molar-refractivity contribution in [2.75, 3.05) is 0 Å². The molecule has 0 bridgehead atoms. The van der Waals surface area contributed by atoms with Gasteiger partial charge in [-0.2, -0.15) is 0 Å². The largest absolute Gasteiger partial charge is 0.298 e. The number of hydrogen-bond acceptors (Lipinski definition) is 1. The van der Waals surface area contributed by atoms with Crippen LogP contribution in [0.4, 0.5) is 0 Å². The summed E-state index contributed by atoms with van der Waals surface area (Å²) in [6.45, 7) is 3.90. The standard InChI is InChI=1S/C8H12O/c1-3-5-8(7-9)6-4-2/h3,5-7H,4H2,1-2H3/b5-3-,8-6+. The van der Waals surface area contributed by atoms with E-state index in [9.17, 15) is 4.79 Å². The van der Waals surface area contributed by atoms with Gasteiger partial charge >= 0.3 is 0 Å². The van der Waals surface area contributed by atoms with Crippen LogP contribution in [0.1, 0.15) is 20.3 Å². The van der Waals surface area contributed by atoms with Crippen LogP contribution in [0, 0.1) is 0 Å². The van der Waals surface area contributed by atoms with E-state index < -0.39 is 0 Å². The normalized spacial score (nSPS) is 12.4. The fraction of sp³-hybridized carbons (Fsp3) is 0.375. The molecule has 0 aromatic heterocycles. The van der Waals surface area contributed by atoms with Gasteiger partial charge in [0.1, 0.15) is 6.29 Å². The van der Waals surface area contributed by atoms with Crippen LogP contribution in [0.3, 0.4) is 0 Å². The predicted octanol–water partition coefficient (Wildman–Crippen LogP) is 2.10. The number of hydrogen-bond donors (Lipinski definition) is 0. The first kappa shape index (κ1) is 8.15. The maximum atomic E-state index is 10.2. The molecule has 0 aliphatic rings. The van der Waals surface area contributed by atoms with E-state index in [-0.39, 0.29) is 0 Å². The Morgan fingerprint density at radius 3 is 2.56 bits per heavy atom. The van der Waals surface area contributed by atoms with Gasteiger partial charge in [-0.25, -0.2) is 0 Å². The van der Waals surface area contributed by atoms with Crippen LogP contribution in [-0.4, -0.2) is 6.29 Å². The predicted molar refractivity (Wildman–Crippen MR) is 39.3 cm³/mol. The van der Waals surface area contributed by atoms with Crippen LogP contribution < -0.4 is 0 Å². The third-order valence-corrected chi connectivity index (χ3v) is 0.935. The zero-order valence-corrected chi connectivity index (χ0v) is 5.92. The lowest BCUT2D eigenvalue weighted by atomic mass is 10.2. The van der Waals surface area contributed by atoms with Gasteiger partial charge in [0.05, 0.1) is 0 Å². The van der Waals surface area contributed by atoms with Crippen LogP contribution in [0.2, 0.25) is 0 Å². The lowest BCUT2D eigenvalue weighted by Crippen LogP contribution is -1.76. The summed E-state index contributed by atoms with van der Waals surface area (Å²) in [5.41, 5.74) is 0.764. The van der Waals surface area contributed by atoms with Gasteiger partial charge in [-0.05, 0) is 13.3 Å². The molecule has 0 atom stereocenters. The van der Waals surface area contributed by atoms with Crippen molar-refractivity contribution < 1.29 is 4.79 Å². The van der Waals surface area contributed by atoms with E-state index in [1.54, 1.807) is 6.08 Å². The van der Waals surface area contributed by atoms with Gasteiger partial charge in [-0.1, -0.05) is 25.2 Å². The highest BCUT2D eigenvalue weighted by Gasteiger charge is 1.82. The maximum Gasteiger partial charge on any atom is 0.149 e. The summed E-state index contributed by atoms with van der Waals surface area (Å²) in [5, 5.41) is 0. The van der Waals surface area contributed by atoms with E-state index in [0.29, 0.717) is 0 Å². The lowest BCUT2D eigenvalue weighted by Gasteiger charge is -1.84. The summed E-state index contributed by atoms with van der Waals surface area (Å²) in [6, 6.07) is 0. The summed E-state index contributed by atoms with van der Waals surface area (Å²) in [7, 11) is 0. The lowest BCUT2D eigenvalue weighted by molar-refractivity contribution is -0.104. The van der Waals surface area contributed by atoms with E-state index in [1.165, 1.54) is 0 Å². The summed E-state index contributed by atoms with van der Waals surface area (Å²) in [5.74, 6) is 0. The first-order valence-corrected chi connectivity index (χ1v) is 3.13. The Labute approximate surface area is 56.1 Å². The molecule has 0 spiro atoms. The minimum absolute atomic E-state index is 0.764. The van der Waals surface area contributed by atoms with Crippen molar-refractivity contribution in [1.82, 2.24) is 0 Å². The molecule has 0 radical (unpaired) electrons. The average Bonchev–Trinajstić information content (AvgIpc) is 1.88. The van der Waals surface area contributed by atoms with Crippen molar-refractivity contribution in [3.05, 3.63) is 23.8 Å². The first-order valence-electron chi connectivity index (χ1n) is 3.13. The van der Waals surface area contributed by atoms with Gasteiger partial charge < -0.3 is 0 Å². The molecule has 9 heavy (non-hydrogen) atoms. The van der Waals surface area contributed by atoms with Gasteiger partial charge in [0.25, 0.3) is 0 Å². The molecule has 0 rings (SSSR count). The molecule has 0 aromatic carbocycles. The Bertz CT molecular complexity index is 132. The van der Waals surface area contributed by atoms with E-state index in [1.807, 2.05) is 26.0 Å². The number of carbonyl (C=O) groups is 1. The minimum atomic E-state index is 0.764. The Balaban J connectivity index is 3.97. The van der Waals surface area contributed by atoms with Crippen LogP contribution in [0.5, 0.6) is 0 Å². The number of carbonyl (C=O) groups excluding carboxylic acids is 1. The molecule has 0 heterocycles. The quantitative estimate of drug-likeness (QED) is 0.320. The van der Waals surface area contributed by atoms with Crippen molar-refractivity contribution in [1.29, 1.82) is 0 Å². The smallest absolute Gasteiger partial charge is 0.149 e. The van der Waals surface area contributed by atoms with Gasteiger partial charge in [-0.3, -0.25) is 4.79 Å². The third-order valence-electron chi connectivity index (χ3n) is 0.935. The second kappa shape index (κ2) is 5.29. The molecule has 0 aliphatic carbocycles. The zero-order chi connectivity index (χ0) is 7.11. The molecule has 0 aromatic rings. The van der Waals surface area contributed by atoms with Gasteiger partial charge in [0, 0.05) is 5.57 Å². The summed E-state index contributed by atoms with van der Waals surface area (Å²) >= 11 is 0. The summed E-state index contributed by atoms with van der Waals surface area (Å²) in [4.78, 5) is 10.2. The van der Waals surface area contributed by atoms with Gasteiger partial charge in [-0.15, -0.1) is 0 Å². The number of allylic oxidation sites excluding steroid dienone is 4. The summed E-state index contributed by atoms with van der Waals surface area (Å²) in [6.07, 6.45) is 7.33. The number of rotatable bonds is 3. The fourth-order valence-electron chi connectivity index (χ4n) is 0.584. The van der Waals surface area contributed by atoms with Crippen LogP contribution in [-0.2, 0) is 4.79 Å². The van der Waals surface area contributed by atoms with Crippen molar-refractivity contribution in [3.8, 4) is 0 Å². The van der Waals surface area contributed by atoms with Gasteiger partial charge in [0.2, 0.25) is 0 Å². The van der Waals surface area contributed by atoms with Crippen molar-refractivity contribution in [3.63, 3.8) is 0 Å². The molecule has 0 saturated carbocycles. The Morgan fingerprint density at radius 2 is 2.22 bits per heavy atom. The molecule has 0 fully saturated rings. The molecule has 1 nitrogen and oxygen atoms in total. The highest BCUT2D eigenvalue weighted by atomic mass is 16.1. The van der Waals surface area contributed by atoms with E-state index >= 15 is 0 Å². The van der Waals surface area contributed by atoms with Crippen LogP contribution in [0.15, 0.2) is 23.8 Å². The summed E-state index contributed by atoms with van der Waals surface area (Å²) < 4.78 is 0. The monoisotopic (exact) mass is 124 g/mol. The topological polar surface area (TPSA) is 17.1 Å². The van der Waals surface area contributed by atoms with E-state index in [0.717, 1.165) is 18.3 Å². The van der Waals surface area contributed by atoms with E-state index in [4.69, 9.17) is 0 Å². The highest BCUT2D eigenvalue weighted by molar-refractivity contribution is 5.77. The second-order valence-electron chi connectivity index (χ2n) is 1.73. The van der Waals surface area contributed by atoms with Crippen LogP contribution in [0.25, 0.3) is 0 Å². The molecule has 0 N–H and O–H groups in total. The Morgan fingerprint density at radius 1 is 1.56 bits per heavy atom. The molecule has 0 unspecified atom stereocenters. The Kier molecular flexibility index (Phi) is 4.79. The maximum absolute atomic E-state index is 10.2. The molecule has 50 valence electrons. The zero-order valence-electron chi connectivity index (χ0n) is 5.92. The van der Waals surface area contributed by atoms with Crippen LogP contribution >= 0.6 is 0 Å². The molecule has 0 aliphatic heterocycles. The molecule has 1 heteroatoms. The van der Waals surface area contributed by atoms with Crippen molar-refractivity contribution in [2.45, 2.75) is 20.3 Å². The molecule has 0 saturated heterocycles. The van der Waals surface area contributed by atoms with Crippen molar-refractivity contribution in [2.24, 2.45) is 0 Å². The SMILES string of the molecule is C/C=C\C(C=O)=C/CC. The Hall–Kier alpha value is -0.850. The van der Waals surface area contributed by atoms with Crippen molar-refractivity contribution >= 4 is 6.29 Å². The molecular formula is C8H12O. The fourth-order valence-corrected chi connectivity index (χ4v) is 0.584. The highest BCUT2D eigenvalue weighted by Crippen LogP contribution is 1.93. The third kappa shape index (κ3) is 3.71.